The Morgan fingerprint density at radius 1 is 0.515 bits per heavy atom. The fraction of sp³-hybridized carbons (Fsp3) is 0.269. The number of esters is 1. The Kier molecular flexibility index (Phi) is 33.1. The van der Waals surface area contributed by atoms with Crippen molar-refractivity contribution in [1.82, 2.24) is 31.2 Å². The molecule has 0 fully saturated rings. The summed E-state index contributed by atoms with van der Waals surface area (Å²) < 4.78 is 10.7. The largest absolute Gasteiger partial charge is 0.875 e. The molecule has 4 aromatic carbocycles. The van der Waals surface area contributed by atoms with E-state index in [0.29, 0.717) is 43.9 Å². The minimum atomic E-state index is -1.18. The van der Waals surface area contributed by atoms with Crippen molar-refractivity contribution in [2.24, 2.45) is 10.2 Å². The Balaban J connectivity index is 0.000000332. The number of nitrogens with one attached hydrogen (secondary N) is 4. The van der Waals surface area contributed by atoms with Crippen molar-refractivity contribution < 1.29 is 43.7 Å². The summed E-state index contributed by atoms with van der Waals surface area (Å²) in [5.41, 5.74) is 24.1. The number of ether oxygens (including phenoxy) is 2. The van der Waals surface area contributed by atoms with E-state index in [1.54, 1.807) is 69.3 Å². The third-order valence-corrected chi connectivity index (χ3v) is 14.9. The number of azide groups is 2. The molecule has 4 N–H and O–H groups in total. The Hall–Kier alpha value is -11.9. The molecule has 1 aliphatic carbocycles. The number of aryl methyl sites for hydroxylation is 1. The standard InChI is InChI=1S/C48H48N6O4.C30H39N8O5/c1-3-49-45(55)41-30-20-31-42(53-41)46(56)50-35-39-26-16-8-10-18-28-40(29-19-11-9-17-27-39)36-52-48(58)44-33-21-32-43(54-44)47(57)51-34-38-24-14-6-4-12-22-37(2)23-13-5-7-15-25-38;1-5-37(16-14-33-35-31)23-10-6-21(7-11-23)26-28(40)27(29(26)41)22-8-12-24(13-9-22)38(17-15-34-36-32)18-19-42-20-25(39)43-30(2,3)4/h4-33H,3,34-36H2,1-2H3,(H,49,55)(H,50,56)(H,51,57)(H,52,58);6-13,26,28,41H,5,14-20H2,1-4H3/q;-1/p-1. The van der Waals surface area contributed by atoms with E-state index in [-0.39, 0.29) is 79.4 Å². The fourth-order valence-electron chi connectivity index (χ4n) is 9.88. The third kappa shape index (κ3) is 27.5. The van der Waals surface area contributed by atoms with Crippen LogP contribution < -0.4 is 41.3 Å². The lowest BCUT2D eigenvalue weighted by molar-refractivity contribution is -0.429. The monoisotopic (exact) mass is 1360 g/mol. The minimum Gasteiger partial charge on any atom is -0.875 e. The van der Waals surface area contributed by atoms with Crippen molar-refractivity contribution in [3.05, 3.63) is 313 Å². The van der Waals surface area contributed by atoms with Crippen molar-refractivity contribution in [3.63, 3.8) is 0 Å². The van der Waals surface area contributed by atoms with Gasteiger partial charge in [-0.05, 0) is 135 Å². The minimum absolute atomic E-state index is 0.124. The molecule has 6 aromatic rings. The van der Waals surface area contributed by atoms with Crippen molar-refractivity contribution >= 4 is 46.5 Å². The molecule has 0 radical (unpaired) electrons. The van der Waals surface area contributed by atoms with Crippen LogP contribution in [0, 0.1) is 6.92 Å². The summed E-state index contributed by atoms with van der Waals surface area (Å²) in [6.45, 7) is 15.2. The lowest BCUT2D eigenvalue weighted by Gasteiger charge is -2.51. The van der Waals surface area contributed by atoms with Gasteiger partial charge in [-0.1, -0.05) is 209 Å². The smallest absolute Gasteiger partial charge is 0.332 e. The number of nitrogens with zero attached hydrogens (tertiary/aromatic N) is 10. The van der Waals surface area contributed by atoms with E-state index < -0.39 is 41.3 Å². The number of hydrogen-bond donors (Lipinski definition) is 4. The Morgan fingerprint density at radius 3 is 1.29 bits per heavy atom. The summed E-state index contributed by atoms with van der Waals surface area (Å²) in [5.74, 6) is -2.93. The van der Waals surface area contributed by atoms with Crippen molar-refractivity contribution in [2.45, 2.75) is 78.8 Å². The van der Waals surface area contributed by atoms with E-state index in [1.807, 2.05) is 208 Å². The molecule has 7 rings (SSSR count). The maximum Gasteiger partial charge on any atom is 0.332 e. The van der Waals surface area contributed by atoms with E-state index in [4.69, 9.17) is 20.5 Å². The highest BCUT2D eigenvalue weighted by atomic mass is 16.6. The molecular formula is C78H86N14O9-2. The van der Waals surface area contributed by atoms with Gasteiger partial charge in [0.1, 0.15) is 35.0 Å². The van der Waals surface area contributed by atoms with Gasteiger partial charge in [0.2, 0.25) is 0 Å². The molecule has 0 saturated carbocycles. The van der Waals surface area contributed by atoms with Gasteiger partial charge >= 0.3 is 5.97 Å². The number of pyridine rings is 2. The van der Waals surface area contributed by atoms with Gasteiger partial charge in [-0.25, -0.2) is 14.8 Å². The van der Waals surface area contributed by atoms with Gasteiger partial charge in [0.15, 0.2) is 0 Å². The maximum absolute atomic E-state index is 13.2. The average Bonchev–Trinajstić information content (AvgIpc) is 0.748. The topological polar surface area (TPSA) is 328 Å². The molecule has 23 heteroatoms. The molecule has 1 aliphatic rings. The fourth-order valence-corrected chi connectivity index (χ4v) is 9.88. The zero-order valence-corrected chi connectivity index (χ0v) is 57.7. The van der Waals surface area contributed by atoms with Crippen LogP contribution in [0.5, 0.6) is 0 Å². The number of amides is 4. The molecule has 101 heavy (non-hydrogen) atoms. The van der Waals surface area contributed by atoms with Crippen molar-refractivity contribution in [3.8, 4) is 0 Å². The molecule has 4 amide bonds. The van der Waals surface area contributed by atoms with E-state index in [9.17, 15) is 34.2 Å². The highest BCUT2D eigenvalue weighted by Gasteiger charge is 2.29. The van der Waals surface area contributed by atoms with E-state index in [0.717, 1.165) is 40.2 Å². The molecule has 0 bridgehead atoms. The number of anilines is 2. The summed E-state index contributed by atoms with van der Waals surface area (Å²) in [6.07, 6.45) is -1.18. The van der Waals surface area contributed by atoms with Crippen LogP contribution in [0.15, 0.2) is 247 Å². The van der Waals surface area contributed by atoms with Crippen LogP contribution in [0.2, 0.25) is 0 Å². The molecule has 0 spiro atoms. The van der Waals surface area contributed by atoms with Crippen molar-refractivity contribution in [1.29, 1.82) is 0 Å². The van der Waals surface area contributed by atoms with Crippen molar-refractivity contribution in [2.75, 3.05) is 68.8 Å². The van der Waals surface area contributed by atoms with Gasteiger partial charge in [0.25, 0.3) is 23.6 Å². The van der Waals surface area contributed by atoms with Gasteiger partial charge < -0.3 is 50.8 Å². The van der Waals surface area contributed by atoms with Gasteiger partial charge in [0, 0.05) is 86.6 Å². The molecule has 0 aliphatic heterocycles. The normalized spacial score (nSPS) is 12.4. The lowest BCUT2D eigenvalue weighted by atomic mass is 9.73. The van der Waals surface area contributed by atoms with Gasteiger partial charge in [0.05, 0.1) is 6.61 Å². The first-order chi connectivity index (χ1) is 48.9. The summed E-state index contributed by atoms with van der Waals surface area (Å²) in [6, 6.07) is 69.7. The van der Waals surface area contributed by atoms with Crippen LogP contribution in [-0.4, -0.2) is 110 Å². The van der Waals surface area contributed by atoms with Gasteiger partial charge in [-0.15, -0.1) is 5.76 Å². The summed E-state index contributed by atoms with van der Waals surface area (Å²) >= 11 is 0. The molecule has 524 valence electrons. The van der Waals surface area contributed by atoms with Gasteiger partial charge in [-0.3, -0.25) is 19.2 Å². The first-order valence-electron chi connectivity index (χ1n) is 33.0. The summed E-state index contributed by atoms with van der Waals surface area (Å²) in [4.78, 5) is 81.1. The first-order valence-corrected chi connectivity index (χ1v) is 33.0. The number of likely N-dealkylation sites (N-methyl/N-ethyl adjacent to an activating group) is 1. The Morgan fingerprint density at radius 2 is 0.901 bits per heavy atom. The molecule has 2 atom stereocenters. The molecule has 23 nitrogen and oxygen atoms in total. The van der Waals surface area contributed by atoms with Crippen LogP contribution in [0.25, 0.3) is 26.5 Å². The van der Waals surface area contributed by atoms with E-state index in [2.05, 4.69) is 56.2 Å². The summed E-state index contributed by atoms with van der Waals surface area (Å²) in [7, 11) is 0. The zero-order valence-electron chi connectivity index (χ0n) is 57.7. The highest BCUT2D eigenvalue weighted by molar-refractivity contribution is 5.97. The highest BCUT2D eigenvalue weighted by Crippen LogP contribution is 2.44. The number of carbonyl (C=O) groups excluding carboxylic acids is 5. The van der Waals surface area contributed by atoms with Crippen LogP contribution in [0.4, 0.5) is 11.4 Å². The Bertz CT molecular complexity index is 4080. The van der Waals surface area contributed by atoms with Gasteiger partial charge in [-0.2, -0.15) is 0 Å². The molecule has 2 unspecified atom stereocenters. The summed E-state index contributed by atoms with van der Waals surface area (Å²) in [5, 5.41) is 44.8. The maximum atomic E-state index is 13.2. The predicted molar refractivity (Wildman–Crippen MR) is 389 cm³/mol. The average molecular weight is 1360 g/mol. The molecule has 0 saturated heterocycles. The van der Waals surface area contributed by atoms with Crippen LogP contribution in [0.1, 0.15) is 116 Å². The molecule has 2 heterocycles. The quantitative estimate of drug-likeness (QED) is 0.0123. The second-order valence-corrected chi connectivity index (χ2v) is 23.5. The van der Waals surface area contributed by atoms with E-state index >= 15 is 0 Å². The number of carbonyl (C=O) groups is 5. The second-order valence-electron chi connectivity index (χ2n) is 23.5. The Labute approximate surface area is 589 Å². The van der Waals surface area contributed by atoms with E-state index in [1.165, 1.54) is 0 Å². The van der Waals surface area contributed by atoms with Crippen LogP contribution in [0.3, 0.4) is 0 Å². The first kappa shape index (κ1) is 78.1. The second kappa shape index (κ2) is 42.7. The predicted octanol–water partition coefficient (Wildman–Crippen LogP) is 11.7. The third-order valence-electron chi connectivity index (χ3n) is 14.9. The number of hydrogen-bond acceptors (Lipinski definition) is 15. The van der Waals surface area contributed by atoms with Crippen LogP contribution in [-0.2, 0) is 33.9 Å². The molecular weight excluding hydrogens is 1280 g/mol. The number of aromatic nitrogens is 2. The van der Waals surface area contributed by atoms with Crippen LogP contribution >= 0.6 is 0 Å². The number of benzene rings is 2. The number of rotatable bonds is 27. The lowest BCUT2D eigenvalue weighted by Crippen LogP contribution is -2.47. The SMILES string of the molecule is CCN(CCN=[N+]=[N-])c1ccc(C2C([O-])=C(c3ccc(N(CCN=[N+]=[N-])CCOCC(=O)OC(C)(C)C)cc3)C2[O-])cc1.CCNC(=O)c1cccc(C(=O)NCc2ccccccc(CNC(=O)c3cccc(C(=O)NCc4ccccccc(C)cccccc4)n3)cccccc2)n1. The zero-order chi connectivity index (χ0) is 72.6. The molecule has 2 aromatic heterocycles.